The quantitative estimate of drug-likeness (QED) is 0.443. The molecule has 0 atom stereocenters. The van der Waals surface area contributed by atoms with Gasteiger partial charge in [-0.1, -0.05) is 0 Å². The van der Waals surface area contributed by atoms with E-state index in [0.29, 0.717) is 13.2 Å². The van der Waals surface area contributed by atoms with Gasteiger partial charge in [0, 0.05) is 10.8 Å². The third-order valence-electron chi connectivity index (χ3n) is 1.19. The Bertz CT molecular complexity index is 196. The molecular formula is C6H7NaO2S. The van der Waals surface area contributed by atoms with Gasteiger partial charge in [-0.2, -0.15) is 0 Å². The van der Waals surface area contributed by atoms with Crippen molar-refractivity contribution >= 4 is 11.3 Å². The minimum absolute atomic E-state index is 0. The molecule has 2 nitrogen and oxygen atoms in total. The standard InChI is InChI=1S/C6H6O2S.Na.H/c1-2-8-6-4-9-3-5(6)7-1;;/h3-4H,1-2H2;;/q;+1;-1. The van der Waals surface area contributed by atoms with Gasteiger partial charge in [0.1, 0.15) is 13.2 Å². The van der Waals surface area contributed by atoms with Gasteiger partial charge in [-0.25, -0.2) is 0 Å². The predicted octanol–water partition coefficient (Wildman–Crippen LogP) is -1.36. The Balaban J connectivity index is 0.000000500. The largest absolute Gasteiger partial charge is 1.00 e. The van der Waals surface area contributed by atoms with Crippen molar-refractivity contribution in [3.63, 3.8) is 0 Å². The van der Waals surface area contributed by atoms with E-state index in [1.165, 1.54) is 0 Å². The Morgan fingerprint density at radius 1 is 1.20 bits per heavy atom. The van der Waals surface area contributed by atoms with E-state index in [1.807, 2.05) is 10.8 Å². The maximum Gasteiger partial charge on any atom is 1.00 e. The maximum atomic E-state index is 5.25. The van der Waals surface area contributed by atoms with Crippen molar-refractivity contribution < 1.29 is 40.5 Å². The van der Waals surface area contributed by atoms with E-state index in [-0.39, 0.29) is 31.0 Å². The van der Waals surface area contributed by atoms with Gasteiger partial charge in [-0.3, -0.25) is 0 Å². The molecule has 0 saturated carbocycles. The van der Waals surface area contributed by atoms with Gasteiger partial charge in [0.15, 0.2) is 11.5 Å². The summed E-state index contributed by atoms with van der Waals surface area (Å²) in [4.78, 5) is 0. The summed E-state index contributed by atoms with van der Waals surface area (Å²) in [6.07, 6.45) is 0. The zero-order valence-corrected chi connectivity index (χ0v) is 8.61. The summed E-state index contributed by atoms with van der Waals surface area (Å²) in [7, 11) is 0. The van der Waals surface area contributed by atoms with Crippen molar-refractivity contribution in [2.24, 2.45) is 0 Å². The topological polar surface area (TPSA) is 18.5 Å². The number of rotatable bonds is 0. The summed E-state index contributed by atoms with van der Waals surface area (Å²) < 4.78 is 10.5. The fourth-order valence-corrected chi connectivity index (χ4v) is 1.47. The fraction of sp³-hybridized carbons (Fsp3) is 0.333. The Morgan fingerprint density at radius 3 is 2.20 bits per heavy atom. The van der Waals surface area contributed by atoms with Crippen molar-refractivity contribution in [2.45, 2.75) is 0 Å². The summed E-state index contributed by atoms with van der Waals surface area (Å²) in [6, 6.07) is 0. The van der Waals surface area contributed by atoms with Gasteiger partial charge in [0.25, 0.3) is 0 Å². The van der Waals surface area contributed by atoms with Gasteiger partial charge in [0.05, 0.1) is 0 Å². The first-order valence-electron chi connectivity index (χ1n) is 2.78. The average molecular weight is 166 g/mol. The fourth-order valence-electron chi connectivity index (χ4n) is 0.787. The molecule has 1 aliphatic heterocycles. The SMILES string of the molecule is [H-].[Na+].c1scc2c1OCCO2. The minimum atomic E-state index is 0. The van der Waals surface area contributed by atoms with Crippen LogP contribution in [-0.4, -0.2) is 13.2 Å². The molecular weight excluding hydrogens is 159 g/mol. The first-order valence-corrected chi connectivity index (χ1v) is 3.73. The molecule has 0 bridgehead atoms. The molecule has 0 aliphatic carbocycles. The van der Waals surface area contributed by atoms with Gasteiger partial charge < -0.3 is 10.9 Å². The number of ether oxygens (including phenoxy) is 2. The Kier molecular flexibility index (Phi) is 3.04. The molecule has 1 aromatic rings. The second kappa shape index (κ2) is 3.62. The second-order valence-electron chi connectivity index (χ2n) is 1.80. The Labute approximate surface area is 86.9 Å². The van der Waals surface area contributed by atoms with E-state index in [0.717, 1.165) is 11.5 Å². The zero-order chi connectivity index (χ0) is 6.10. The van der Waals surface area contributed by atoms with E-state index in [9.17, 15) is 0 Å². The first kappa shape index (κ1) is 8.40. The minimum Gasteiger partial charge on any atom is -1.00 e. The molecule has 0 N–H and O–H groups in total. The molecule has 0 amide bonds. The summed E-state index contributed by atoms with van der Waals surface area (Å²) in [5, 5.41) is 3.91. The predicted molar refractivity (Wildman–Crippen MR) is 36.4 cm³/mol. The van der Waals surface area contributed by atoms with Gasteiger partial charge in [-0.05, 0) is 0 Å². The first-order chi connectivity index (χ1) is 4.47. The average Bonchev–Trinajstić information content (AvgIpc) is 2.33. The van der Waals surface area contributed by atoms with E-state index < -0.39 is 0 Å². The van der Waals surface area contributed by atoms with Crippen molar-refractivity contribution in [2.75, 3.05) is 13.2 Å². The van der Waals surface area contributed by atoms with Crippen LogP contribution >= 0.6 is 11.3 Å². The molecule has 1 aromatic heterocycles. The van der Waals surface area contributed by atoms with Gasteiger partial charge >= 0.3 is 29.6 Å². The van der Waals surface area contributed by atoms with E-state index in [2.05, 4.69) is 0 Å². The number of hydrogen-bond acceptors (Lipinski definition) is 3. The molecule has 4 heteroatoms. The number of hydrogen-bond donors (Lipinski definition) is 0. The molecule has 0 unspecified atom stereocenters. The van der Waals surface area contributed by atoms with Crippen LogP contribution in [0.4, 0.5) is 0 Å². The second-order valence-corrected chi connectivity index (χ2v) is 2.54. The van der Waals surface area contributed by atoms with Gasteiger partial charge in [-0.15, -0.1) is 11.3 Å². The van der Waals surface area contributed by atoms with Crippen LogP contribution in [0.2, 0.25) is 0 Å². The summed E-state index contributed by atoms with van der Waals surface area (Å²) in [6.45, 7) is 1.37. The third kappa shape index (κ3) is 1.48. The summed E-state index contributed by atoms with van der Waals surface area (Å²) >= 11 is 1.61. The molecule has 0 fully saturated rings. The van der Waals surface area contributed by atoms with Crippen molar-refractivity contribution in [3.8, 4) is 11.5 Å². The third-order valence-corrected chi connectivity index (χ3v) is 1.89. The van der Waals surface area contributed by atoms with Crippen LogP contribution < -0.4 is 39.0 Å². The molecule has 0 aromatic carbocycles. The number of thiophene rings is 1. The molecule has 2 heterocycles. The van der Waals surface area contributed by atoms with Crippen LogP contribution in [0.15, 0.2) is 10.8 Å². The molecule has 1 aliphatic rings. The van der Waals surface area contributed by atoms with E-state index >= 15 is 0 Å². The van der Waals surface area contributed by atoms with Crippen LogP contribution in [0.1, 0.15) is 1.43 Å². The zero-order valence-electron chi connectivity index (χ0n) is 6.79. The monoisotopic (exact) mass is 166 g/mol. The Morgan fingerprint density at radius 2 is 1.70 bits per heavy atom. The molecule has 0 spiro atoms. The maximum absolute atomic E-state index is 5.25. The van der Waals surface area contributed by atoms with Crippen molar-refractivity contribution in [1.82, 2.24) is 0 Å². The molecule has 2 rings (SSSR count). The van der Waals surface area contributed by atoms with E-state index in [4.69, 9.17) is 9.47 Å². The van der Waals surface area contributed by atoms with Crippen molar-refractivity contribution in [3.05, 3.63) is 10.8 Å². The van der Waals surface area contributed by atoms with Gasteiger partial charge in [0.2, 0.25) is 0 Å². The summed E-state index contributed by atoms with van der Waals surface area (Å²) in [5.41, 5.74) is 0. The van der Waals surface area contributed by atoms with Crippen LogP contribution in [0.25, 0.3) is 0 Å². The number of fused-ring (bicyclic) bond motifs is 1. The van der Waals surface area contributed by atoms with E-state index in [1.54, 1.807) is 11.3 Å². The molecule has 0 saturated heterocycles. The van der Waals surface area contributed by atoms with Crippen LogP contribution in [0.3, 0.4) is 0 Å². The Hall–Kier alpha value is 0.300. The molecule has 50 valence electrons. The normalized spacial score (nSPS) is 14.0. The van der Waals surface area contributed by atoms with Crippen LogP contribution in [0, 0.1) is 0 Å². The smallest absolute Gasteiger partial charge is 1.00 e. The summed E-state index contributed by atoms with van der Waals surface area (Å²) in [5.74, 6) is 1.79. The van der Waals surface area contributed by atoms with Crippen LogP contribution in [0.5, 0.6) is 11.5 Å². The molecule has 10 heavy (non-hydrogen) atoms. The van der Waals surface area contributed by atoms with Crippen LogP contribution in [-0.2, 0) is 0 Å². The molecule has 0 radical (unpaired) electrons. The van der Waals surface area contributed by atoms with Crippen molar-refractivity contribution in [1.29, 1.82) is 0 Å².